The van der Waals surface area contributed by atoms with Gasteiger partial charge in [0.25, 0.3) is 5.91 Å². The number of carbonyl (C=O) groups excluding carboxylic acids is 2. The standard InChI is InChI=1S/C30H37N5O4/c1-21(2)20-31-29(36)25-19-23(33-30(37)32-22-8-7-9-24(18-22)38-3)12-13-26(25)34-14-16-35(17-15-34)27-10-5-6-11-28(27)39-4/h5-13,18-19,21H,14-17,20H2,1-4H3,(H,31,36)(H2,32,33,37). The number of rotatable bonds is 9. The molecule has 1 aliphatic rings. The van der Waals surface area contributed by atoms with E-state index in [1.807, 2.05) is 30.3 Å². The fourth-order valence-corrected chi connectivity index (χ4v) is 4.54. The molecule has 0 saturated carbocycles. The first-order chi connectivity index (χ1) is 18.9. The van der Waals surface area contributed by atoms with Crippen molar-refractivity contribution in [2.75, 3.05) is 67.4 Å². The zero-order valence-electron chi connectivity index (χ0n) is 23.0. The number of hydrogen-bond donors (Lipinski definition) is 3. The summed E-state index contributed by atoms with van der Waals surface area (Å²) in [6.07, 6.45) is 0. The largest absolute Gasteiger partial charge is 0.497 e. The number of carbonyl (C=O) groups is 2. The van der Waals surface area contributed by atoms with Gasteiger partial charge >= 0.3 is 6.03 Å². The average Bonchev–Trinajstić information content (AvgIpc) is 2.96. The summed E-state index contributed by atoms with van der Waals surface area (Å²) in [5.74, 6) is 1.65. The van der Waals surface area contributed by atoms with Crippen LogP contribution in [0.4, 0.5) is 27.5 Å². The lowest BCUT2D eigenvalue weighted by atomic mass is 10.1. The fourth-order valence-electron chi connectivity index (χ4n) is 4.54. The monoisotopic (exact) mass is 531 g/mol. The van der Waals surface area contributed by atoms with Gasteiger partial charge < -0.3 is 35.2 Å². The van der Waals surface area contributed by atoms with Crippen molar-refractivity contribution in [3.63, 3.8) is 0 Å². The Bertz CT molecular complexity index is 1290. The second-order valence-corrected chi connectivity index (χ2v) is 9.79. The Kier molecular flexibility index (Phi) is 9.14. The van der Waals surface area contributed by atoms with Gasteiger partial charge in [-0.25, -0.2) is 4.79 Å². The Hall–Kier alpha value is -4.40. The van der Waals surface area contributed by atoms with Gasteiger partial charge in [0.05, 0.1) is 25.5 Å². The number of benzene rings is 3. The number of amides is 3. The highest BCUT2D eigenvalue weighted by Crippen LogP contribution is 2.31. The lowest BCUT2D eigenvalue weighted by Gasteiger charge is -2.38. The third-order valence-electron chi connectivity index (χ3n) is 6.54. The van der Waals surface area contributed by atoms with E-state index in [4.69, 9.17) is 9.47 Å². The van der Waals surface area contributed by atoms with Gasteiger partial charge in [0.1, 0.15) is 11.5 Å². The highest BCUT2D eigenvalue weighted by atomic mass is 16.5. The van der Waals surface area contributed by atoms with Gasteiger partial charge in [0.2, 0.25) is 0 Å². The molecule has 0 spiro atoms. The van der Waals surface area contributed by atoms with Crippen LogP contribution in [0.15, 0.2) is 66.7 Å². The highest BCUT2D eigenvalue weighted by Gasteiger charge is 2.24. The second kappa shape index (κ2) is 12.9. The van der Waals surface area contributed by atoms with Crippen LogP contribution in [0.1, 0.15) is 24.2 Å². The summed E-state index contributed by atoms with van der Waals surface area (Å²) in [6, 6.07) is 20.2. The lowest BCUT2D eigenvalue weighted by Crippen LogP contribution is -2.47. The van der Waals surface area contributed by atoms with E-state index in [0.717, 1.165) is 43.3 Å². The predicted molar refractivity (Wildman–Crippen MR) is 157 cm³/mol. The number of piperazine rings is 1. The third kappa shape index (κ3) is 7.13. The number of nitrogens with one attached hydrogen (secondary N) is 3. The molecule has 0 aliphatic carbocycles. The topological polar surface area (TPSA) is 95.2 Å². The van der Waals surface area contributed by atoms with Crippen LogP contribution >= 0.6 is 0 Å². The summed E-state index contributed by atoms with van der Waals surface area (Å²) < 4.78 is 10.8. The number of hydrogen-bond acceptors (Lipinski definition) is 6. The zero-order valence-corrected chi connectivity index (χ0v) is 23.0. The molecule has 0 aromatic heterocycles. The van der Waals surface area contributed by atoms with Crippen LogP contribution in [-0.2, 0) is 0 Å². The van der Waals surface area contributed by atoms with E-state index in [0.29, 0.717) is 35.2 Å². The lowest BCUT2D eigenvalue weighted by molar-refractivity contribution is 0.0949. The Labute approximate surface area is 230 Å². The van der Waals surface area contributed by atoms with Crippen molar-refractivity contribution in [1.29, 1.82) is 0 Å². The summed E-state index contributed by atoms with van der Waals surface area (Å²) in [6.45, 7) is 7.73. The second-order valence-electron chi connectivity index (χ2n) is 9.79. The first-order valence-corrected chi connectivity index (χ1v) is 13.1. The number of methoxy groups -OCH3 is 2. The van der Waals surface area contributed by atoms with Crippen molar-refractivity contribution < 1.29 is 19.1 Å². The molecule has 4 rings (SSSR count). The molecule has 0 radical (unpaired) electrons. The molecule has 1 fully saturated rings. The number of para-hydroxylation sites is 2. The molecule has 0 bridgehead atoms. The SMILES string of the molecule is COc1cccc(NC(=O)Nc2ccc(N3CCN(c4ccccc4OC)CC3)c(C(=O)NCC(C)C)c2)c1. The smallest absolute Gasteiger partial charge is 0.323 e. The average molecular weight is 532 g/mol. The normalized spacial score (nSPS) is 13.2. The van der Waals surface area contributed by atoms with E-state index in [-0.39, 0.29) is 5.91 Å². The van der Waals surface area contributed by atoms with E-state index in [1.54, 1.807) is 44.6 Å². The molecule has 1 aliphatic heterocycles. The Morgan fingerprint density at radius 2 is 1.46 bits per heavy atom. The molecule has 0 atom stereocenters. The minimum atomic E-state index is -0.407. The molecule has 9 heteroatoms. The van der Waals surface area contributed by atoms with Gasteiger partial charge in [-0.1, -0.05) is 32.0 Å². The molecular weight excluding hydrogens is 494 g/mol. The molecule has 0 unspecified atom stereocenters. The van der Waals surface area contributed by atoms with E-state index in [2.05, 4.69) is 45.7 Å². The van der Waals surface area contributed by atoms with E-state index in [1.165, 1.54) is 0 Å². The summed E-state index contributed by atoms with van der Waals surface area (Å²) in [5, 5.41) is 8.68. The molecule has 39 heavy (non-hydrogen) atoms. The van der Waals surface area contributed by atoms with Gasteiger partial charge in [-0.15, -0.1) is 0 Å². The van der Waals surface area contributed by atoms with E-state index in [9.17, 15) is 9.59 Å². The summed E-state index contributed by atoms with van der Waals surface area (Å²) >= 11 is 0. The Morgan fingerprint density at radius 1 is 0.795 bits per heavy atom. The van der Waals surface area contributed by atoms with E-state index >= 15 is 0 Å². The van der Waals surface area contributed by atoms with E-state index < -0.39 is 6.03 Å². The number of nitrogens with zero attached hydrogens (tertiary/aromatic N) is 2. The molecule has 206 valence electrons. The molecule has 3 N–H and O–H groups in total. The minimum absolute atomic E-state index is 0.164. The first kappa shape index (κ1) is 27.6. The van der Waals surface area contributed by atoms with Crippen LogP contribution < -0.4 is 35.2 Å². The summed E-state index contributed by atoms with van der Waals surface area (Å²) in [7, 11) is 3.26. The quantitative estimate of drug-likeness (QED) is 0.357. The number of urea groups is 1. The Balaban J connectivity index is 1.50. The number of anilines is 4. The van der Waals surface area contributed by atoms with Gasteiger partial charge in [-0.2, -0.15) is 0 Å². The molecular formula is C30H37N5O4. The van der Waals surface area contributed by atoms with Gasteiger partial charge in [0.15, 0.2) is 0 Å². The third-order valence-corrected chi connectivity index (χ3v) is 6.54. The van der Waals surface area contributed by atoms with Crippen LogP contribution in [0.2, 0.25) is 0 Å². The van der Waals surface area contributed by atoms with Crippen LogP contribution in [-0.4, -0.2) is 58.9 Å². The maximum Gasteiger partial charge on any atom is 0.323 e. The fraction of sp³-hybridized carbons (Fsp3) is 0.333. The maximum atomic E-state index is 13.3. The van der Waals surface area contributed by atoms with Gasteiger partial charge in [0, 0.05) is 55.9 Å². The van der Waals surface area contributed by atoms with Crippen molar-refractivity contribution in [3.8, 4) is 11.5 Å². The highest BCUT2D eigenvalue weighted by molar-refractivity contribution is 6.04. The van der Waals surface area contributed by atoms with Crippen LogP contribution in [0.3, 0.4) is 0 Å². The van der Waals surface area contributed by atoms with Crippen LogP contribution in [0, 0.1) is 5.92 Å². The Morgan fingerprint density at radius 3 is 2.13 bits per heavy atom. The van der Waals surface area contributed by atoms with Crippen LogP contribution in [0.5, 0.6) is 11.5 Å². The molecule has 1 heterocycles. The zero-order chi connectivity index (χ0) is 27.8. The minimum Gasteiger partial charge on any atom is -0.497 e. The van der Waals surface area contributed by atoms with Crippen LogP contribution in [0.25, 0.3) is 0 Å². The van der Waals surface area contributed by atoms with Crippen molar-refractivity contribution in [2.45, 2.75) is 13.8 Å². The van der Waals surface area contributed by atoms with Gasteiger partial charge in [-0.3, -0.25) is 4.79 Å². The van der Waals surface area contributed by atoms with Crippen molar-refractivity contribution >= 4 is 34.7 Å². The molecule has 3 aromatic rings. The van der Waals surface area contributed by atoms with Gasteiger partial charge in [-0.05, 0) is 48.4 Å². The maximum absolute atomic E-state index is 13.3. The molecule has 3 amide bonds. The molecule has 9 nitrogen and oxygen atoms in total. The first-order valence-electron chi connectivity index (χ1n) is 13.1. The molecule has 3 aromatic carbocycles. The summed E-state index contributed by atoms with van der Waals surface area (Å²) in [4.78, 5) is 30.5. The number of ether oxygens (including phenoxy) is 2. The van der Waals surface area contributed by atoms with Crippen molar-refractivity contribution in [1.82, 2.24) is 5.32 Å². The van der Waals surface area contributed by atoms with Crippen molar-refractivity contribution in [3.05, 3.63) is 72.3 Å². The summed E-state index contributed by atoms with van der Waals surface area (Å²) in [5.41, 5.74) is 3.57. The molecule has 1 saturated heterocycles. The predicted octanol–water partition coefficient (Wildman–Crippen LogP) is 5.06. The van der Waals surface area contributed by atoms with Crippen molar-refractivity contribution in [2.24, 2.45) is 5.92 Å².